The Morgan fingerprint density at radius 1 is 1.19 bits per heavy atom. The number of fused-ring (bicyclic) bond motifs is 1. The van der Waals surface area contributed by atoms with Crippen molar-refractivity contribution < 1.29 is 8.42 Å². The summed E-state index contributed by atoms with van der Waals surface area (Å²) in [7, 11) is -3.22. The van der Waals surface area contributed by atoms with Crippen molar-refractivity contribution in [3.8, 4) is 0 Å². The van der Waals surface area contributed by atoms with Gasteiger partial charge in [-0.2, -0.15) is 0 Å². The Labute approximate surface area is 160 Å². The van der Waals surface area contributed by atoms with Crippen molar-refractivity contribution in [2.75, 3.05) is 23.7 Å². The summed E-state index contributed by atoms with van der Waals surface area (Å²) in [6.45, 7) is 3.76. The predicted octanol–water partition coefficient (Wildman–Crippen LogP) is 4.13. The van der Waals surface area contributed by atoms with Crippen LogP contribution in [0.4, 0.5) is 5.95 Å². The molecule has 5 nitrogen and oxygen atoms in total. The number of benzene rings is 2. The van der Waals surface area contributed by atoms with E-state index in [1.54, 1.807) is 18.2 Å². The zero-order valence-corrected chi connectivity index (χ0v) is 16.4. The maximum Gasteiger partial charge on any atom is 0.203 e. The van der Waals surface area contributed by atoms with Crippen molar-refractivity contribution in [3.63, 3.8) is 0 Å². The highest BCUT2D eigenvalue weighted by Gasteiger charge is 2.23. The Kier molecular flexibility index (Phi) is 4.91. The van der Waals surface area contributed by atoms with E-state index in [9.17, 15) is 8.42 Å². The number of imidazole rings is 1. The van der Waals surface area contributed by atoms with Gasteiger partial charge in [0, 0.05) is 19.0 Å². The summed E-state index contributed by atoms with van der Waals surface area (Å²) in [4.78, 5) is 10.7. The number of nitrogens with one attached hydrogen (secondary N) is 1. The molecule has 1 atom stereocenters. The minimum Gasteiger partial charge on any atom is -0.342 e. The van der Waals surface area contributed by atoms with Crippen LogP contribution in [0.15, 0.2) is 53.4 Å². The summed E-state index contributed by atoms with van der Waals surface area (Å²) in [6, 6.07) is 15.8. The molecule has 2 aromatic carbocycles. The van der Waals surface area contributed by atoms with E-state index in [2.05, 4.69) is 34.1 Å². The SMILES string of the molecule is CCCS(=O)(=O)c1ccc2nc(N3CCCC(c4ccccc4)C3)[nH]c2c1. The Balaban J connectivity index is 1.60. The van der Waals surface area contributed by atoms with Crippen molar-refractivity contribution in [1.82, 2.24) is 9.97 Å². The van der Waals surface area contributed by atoms with E-state index < -0.39 is 9.84 Å². The molecule has 6 heteroatoms. The molecule has 27 heavy (non-hydrogen) atoms. The number of aromatic amines is 1. The topological polar surface area (TPSA) is 66.1 Å². The van der Waals surface area contributed by atoms with Crippen LogP contribution < -0.4 is 4.90 Å². The van der Waals surface area contributed by atoms with E-state index in [0.717, 1.165) is 36.5 Å². The molecule has 1 aromatic heterocycles. The molecule has 0 aliphatic carbocycles. The lowest BCUT2D eigenvalue weighted by atomic mass is 9.91. The fourth-order valence-corrected chi connectivity index (χ4v) is 5.22. The smallest absolute Gasteiger partial charge is 0.203 e. The van der Waals surface area contributed by atoms with Gasteiger partial charge in [-0.05, 0) is 43.0 Å². The minimum absolute atomic E-state index is 0.171. The molecule has 1 fully saturated rings. The lowest BCUT2D eigenvalue weighted by molar-refractivity contribution is 0.505. The van der Waals surface area contributed by atoms with Crippen molar-refractivity contribution >= 4 is 26.8 Å². The van der Waals surface area contributed by atoms with Crippen LogP contribution in [0.3, 0.4) is 0 Å². The van der Waals surface area contributed by atoms with Gasteiger partial charge >= 0.3 is 0 Å². The summed E-state index contributed by atoms with van der Waals surface area (Å²) in [6.07, 6.45) is 2.91. The van der Waals surface area contributed by atoms with Gasteiger partial charge in [-0.25, -0.2) is 13.4 Å². The summed E-state index contributed by atoms with van der Waals surface area (Å²) in [5.41, 5.74) is 2.96. The fourth-order valence-electron chi connectivity index (χ4n) is 3.87. The van der Waals surface area contributed by atoms with Crippen LogP contribution in [0.5, 0.6) is 0 Å². The number of rotatable bonds is 5. The molecule has 4 rings (SSSR count). The first-order chi connectivity index (χ1) is 13.1. The van der Waals surface area contributed by atoms with Gasteiger partial charge in [-0.1, -0.05) is 37.3 Å². The number of piperidine rings is 1. The van der Waals surface area contributed by atoms with Crippen molar-refractivity contribution in [2.45, 2.75) is 37.0 Å². The van der Waals surface area contributed by atoms with E-state index in [1.165, 1.54) is 12.0 Å². The molecule has 1 unspecified atom stereocenters. The van der Waals surface area contributed by atoms with Gasteiger partial charge in [0.25, 0.3) is 0 Å². The first kappa shape index (κ1) is 18.0. The second kappa shape index (κ2) is 7.35. The molecule has 142 valence electrons. The molecule has 1 aliphatic heterocycles. The molecule has 0 amide bonds. The predicted molar refractivity (Wildman–Crippen MR) is 109 cm³/mol. The zero-order valence-electron chi connectivity index (χ0n) is 15.6. The standard InChI is InChI=1S/C21H25N3O2S/c1-2-13-27(25,26)18-10-11-19-20(14-18)23-21(22-19)24-12-6-9-17(15-24)16-7-4-3-5-8-16/h3-5,7-8,10-11,14,17H,2,6,9,12-13,15H2,1H3,(H,22,23). The number of nitrogens with zero attached hydrogens (tertiary/aromatic N) is 2. The second-order valence-electron chi connectivity index (χ2n) is 7.25. The number of hydrogen-bond acceptors (Lipinski definition) is 4. The highest BCUT2D eigenvalue weighted by atomic mass is 32.2. The highest BCUT2D eigenvalue weighted by molar-refractivity contribution is 7.91. The molecule has 1 N–H and O–H groups in total. The Morgan fingerprint density at radius 2 is 2.00 bits per heavy atom. The maximum atomic E-state index is 12.3. The van der Waals surface area contributed by atoms with E-state index in [1.807, 2.05) is 13.0 Å². The van der Waals surface area contributed by atoms with Gasteiger partial charge < -0.3 is 9.88 Å². The molecule has 0 saturated carbocycles. The summed E-state index contributed by atoms with van der Waals surface area (Å²) >= 11 is 0. The third-order valence-corrected chi connectivity index (χ3v) is 7.18. The average molecular weight is 384 g/mol. The van der Waals surface area contributed by atoms with Gasteiger partial charge in [0.15, 0.2) is 9.84 Å². The number of hydrogen-bond donors (Lipinski definition) is 1. The Hall–Kier alpha value is -2.34. The lowest BCUT2D eigenvalue weighted by Gasteiger charge is -2.32. The first-order valence-electron chi connectivity index (χ1n) is 9.59. The van der Waals surface area contributed by atoms with Gasteiger partial charge in [-0.3, -0.25) is 0 Å². The number of sulfone groups is 1. The normalized spacial score (nSPS) is 18.1. The summed E-state index contributed by atoms with van der Waals surface area (Å²) in [5.74, 6) is 1.49. The molecule has 1 aliphatic rings. The number of anilines is 1. The highest BCUT2D eigenvalue weighted by Crippen LogP contribution is 2.30. The van der Waals surface area contributed by atoms with E-state index >= 15 is 0 Å². The first-order valence-corrected chi connectivity index (χ1v) is 11.2. The van der Waals surface area contributed by atoms with Crippen molar-refractivity contribution in [1.29, 1.82) is 0 Å². The van der Waals surface area contributed by atoms with Crippen LogP contribution in [0.1, 0.15) is 37.7 Å². The molecule has 0 radical (unpaired) electrons. The van der Waals surface area contributed by atoms with Crippen molar-refractivity contribution in [2.24, 2.45) is 0 Å². The fraction of sp³-hybridized carbons (Fsp3) is 0.381. The van der Waals surface area contributed by atoms with Crippen LogP contribution in [0, 0.1) is 0 Å². The number of H-pyrrole nitrogens is 1. The van der Waals surface area contributed by atoms with Crippen LogP contribution in [-0.4, -0.2) is 37.2 Å². The monoisotopic (exact) mass is 383 g/mol. The van der Waals surface area contributed by atoms with Gasteiger partial charge in [-0.15, -0.1) is 0 Å². The lowest BCUT2D eigenvalue weighted by Crippen LogP contribution is -2.35. The van der Waals surface area contributed by atoms with Crippen LogP contribution in [0.2, 0.25) is 0 Å². The van der Waals surface area contributed by atoms with Crippen LogP contribution in [-0.2, 0) is 9.84 Å². The van der Waals surface area contributed by atoms with Crippen molar-refractivity contribution in [3.05, 3.63) is 54.1 Å². The van der Waals surface area contributed by atoms with Crippen LogP contribution in [0.25, 0.3) is 11.0 Å². The maximum absolute atomic E-state index is 12.3. The molecule has 1 saturated heterocycles. The van der Waals surface area contributed by atoms with Gasteiger partial charge in [0.05, 0.1) is 21.7 Å². The van der Waals surface area contributed by atoms with Crippen LogP contribution >= 0.6 is 0 Å². The largest absolute Gasteiger partial charge is 0.342 e. The molecular formula is C21H25N3O2S. The van der Waals surface area contributed by atoms with E-state index in [-0.39, 0.29) is 5.75 Å². The molecule has 2 heterocycles. The van der Waals surface area contributed by atoms with E-state index in [4.69, 9.17) is 4.98 Å². The third-order valence-electron chi connectivity index (χ3n) is 5.26. The third kappa shape index (κ3) is 3.72. The summed E-state index contributed by atoms with van der Waals surface area (Å²) in [5, 5.41) is 0. The average Bonchev–Trinajstić information content (AvgIpc) is 3.12. The zero-order chi connectivity index (χ0) is 18.9. The van der Waals surface area contributed by atoms with E-state index in [0.29, 0.717) is 17.2 Å². The Morgan fingerprint density at radius 3 is 2.78 bits per heavy atom. The molecule has 0 bridgehead atoms. The molecule has 0 spiro atoms. The quantitative estimate of drug-likeness (QED) is 0.719. The van der Waals surface area contributed by atoms with Gasteiger partial charge in [0.2, 0.25) is 5.95 Å². The summed E-state index contributed by atoms with van der Waals surface area (Å²) < 4.78 is 24.7. The van der Waals surface area contributed by atoms with Gasteiger partial charge in [0.1, 0.15) is 0 Å². The minimum atomic E-state index is -3.22. The Bertz CT molecular complexity index is 1030. The molecule has 3 aromatic rings. The molecular weight excluding hydrogens is 358 g/mol. The number of aromatic nitrogens is 2. The second-order valence-corrected chi connectivity index (χ2v) is 9.36.